The third-order valence-electron chi connectivity index (χ3n) is 9.69. The van der Waals surface area contributed by atoms with Crippen LogP contribution in [0, 0.1) is 0 Å². The molecule has 0 aromatic heterocycles. The van der Waals surface area contributed by atoms with Crippen LogP contribution in [0.3, 0.4) is 0 Å². The molecule has 0 aliphatic heterocycles. The van der Waals surface area contributed by atoms with Crippen LogP contribution in [-0.2, 0) is 12.8 Å². The molecule has 0 saturated heterocycles. The van der Waals surface area contributed by atoms with E-state index in [4.69, 9.17) is 19.7 Å². The predicted octanol–water partition coefficient (Wildman–Crippen LogP) is 14.7. The first-order chi connectivity index (χ1) is 23.5. The normalized spacial score (nSPS) is 12.1. The fourth-order valence-electron chi connectivity index (χ4n) is 6.43. The van der Waals surface area contributed by atoms with Crippen molar-refractivity contribution in [2.75, 3.05) is 13.2 Å². The molecule has 0 spiro atoms. The Morgan fingerprint density at radius 2 is 1.12 bits per heavy atom. The molecule has 0 radical (unpaired) electrons. The third kappa shape index (κ3) is 13.4. The van der Waals surface area contributed by atoms with Crippen molar-refractivity contribution in [3.8, 4) is 22.6 Å². The second-order valence-electron chi connectivity index (χ2n) is 13.5. The molecule has 0 saturated carbocycles. The molecule has 4 nitrogen and oxygen atoms in total. The Labute approximate surface area is 294 Å². The molecule has 1 unspecified atom stereocenters. The molecule has 4 heteroatoms. The monoisotopic (exact) mass is 655 g/mol. The summed E-state index contributed by atoms with van der Waals surface area (Å²) in [5, 5.41) is 9.63. The van der Waals surface area contributed by atoms with Crippen LogP contribution < -0.4 is 9.47 Å². The highest BCUT2D eigenvalue weighted by Crippen LogP contribution is 2.36. The van der Waals surface area contributed by atoms with Crippen molar-refractivity contribution in [3.63, 3.8) is 0 Å². The fraction of sp³-hybridized carbons (Fsp3) is 0.591. The van der Waals surface area contributed by atoms with Gasteiger partial charge in [-0.1, -0.05) is 130 Å². The lowest BCUT2D eigenvalue weighted by Crippen LogP contribution is -2.02. The minimum absolute atomic E-state index is 0.400. The van der Waals surface area contributed by atoms with E-state index in [1.807, 2.05) is 19.1 Å². The van der Waals surface area contributed by atoms with Gasteiger partial charge in [0.05, 0.1) is 24.6 Å². The van der Waals surface area contributed by atoms with Gasteiger partial charge in [0.15, 0.2) is 0 Å². The Bertz CT molecular complexity index is 1310. The fourth-order valence-corrected chi connectivity index (χ4v) is 6.43. The number of rotatable bonds is 25. The lowest BCUT2D eigenvalue weighted by atomic mass is 9.95. The van der Waals surface area contributed by atoms with Crippen molar-refractivity contribution < 1.29 is 9.47 Å². The summed E-state index contributed by atoms with van der Waals surface area (Å²) in [5.74, 6) is 2.31. The van der Waals surface area contributed by atoms with Crippen molar-refractivity contribution >= 4 is 11.4 Å². The van der Waals surface area contributed by atoms with Gasteiger partial charge in [-0.15, -0.1) is 5.11 Å². The van der Waals surface area contributed by atoms with E-state index >= 15 is 0 Å². The molecule has 0 bridgehead atoms. The second-order valence-corrected chi connectivity index (χ2v) is 13.5. The number of hydrogen-bond acceptors (Lipinski definition) is 4. The minimum Gasteiger partial charge on any atom is -0.494 e. The van der Waals surface area contributed by atoms with Gasteiger partial charge < -0.3 is 9.47 Å². The number of azo groups is 1. The van der Waals surface area contributed by atoms with E-state index in [2.05, 4.69) is 77.1 Å². The molecule has 0 fully saturated rings. The van der Waals surface area contributed by atoms with E-state index < -0.39 is 0 Å². The molecule has 264 valence electrons. The van der Waals surface area contributed by atoms with Gasteiger partial charge in [0.25, 0.3) is 0 Å². The molecule has 3 rings (SSSR count). The summed E-state index contributed by atoms with van der Waals surface area (Å²) >= 11 is 0. The zero-order valence-electron chi connectivity index (χ0n) is 31.4. The molecule has 0 aliphatic carbocycles. The SMILES string of the molecule is CCCCCCCCCCCCCCCCOc1ccc(/N=N/c2c(CC)cc(-c3ccc(OCC)cc3)cc2CC)cc1C(C)CC. The molecular weight excluding hydrogens is 588 g/mol. The highest BCUT2D eigenvalue weighted by atomic mass is 16.5. The van der Waals surface area contributed by atoms with Crippen LogP contribution in [0.5, 0.6) is 11.5 Å². The van der Waals surface area contributed by atoms with Gasteiger partial charge in [0.2, 0.25) is 0 Å². The zero-order valence-corrected chi connectivity index (χ0v) is 31.4. The average Bonchev–Trinajstić information content (AvgIpc) is 3.12. The van der Waals surface area contributed by atoms with Crippen molar-refractivity contribution in [2.24, 2.45) is 10.2 Å². The summed E-state index contributed by atoms with van der Waals surface area (Å²) in [5.41, 5.74) is 7.96. The van der Waals surface area contributed by atoms with Crippen LogP contribution >= 0.6 is 0 Å². The first-order valence-electron chi connectivity index (χ1n) is 19.6. The van der Waals surface area contributed by atoms with Crippen LogP contribution in [0.2, 0.25) is 0 Å². The summed E-state index contributed by atoms with van der Waals surface area (Å²) in [6.07, 6.45) is 22.0. The lowest BCUT2D eigenvalue weighted by Gasteiger charge is -2.16. The molecule has 0 N–H and O–H groups in total. The maximum absolute atomic E-state index is 6.35. The highest BCUT2D eigenvalue weighted by molar-refractivity contribution is 5.71. The molecule has 0 aliphatic rings. The third-order valence-corrected chi connectivity index (χ3v) is 9.69. The summed E-state index contributed by atoms with van der Waals surface area (Å²) in [6, 6.07) is 19.3. The Hall–Kier alpha value is -3.14. The van der Waals surface area contributed by atoms with E-state index in [1.54, 1.807) is 0 Å². The van der Waals surface area contributed by atoms with Gasteiger partial charge >= 0.3 is 0 Å². The Kier molecular flexibility index (Phi) is 19.0. The van der Waals surface area contributed by atoms with Gasteiger partial charge in [-0.25, -0.2) is 0 Å². The topological polar surface area (TPSA) is 43.2 Å². The Balaban J connectivity index is 1.53. The van der Waals surface area contributed by atoms with E-state index in [0.717, 1.165) is 55.2 Å². The number of unbranched alkanes of at least 4 members (excludes halogenated alkanes) is 13. The summed E-state index contributed by atoms with van der Waals surface area (Å²) in [6.45, 7) is 14.7. The van der Waals surface area contributed by atoms with Gasteiger partial charge in [-0.05, 0) is 109 Å². The summed E-state index contributed by atoms with van der Waals surface area (Å²) in [7, 11) is 0. The van der Waals surface area contributed by atoms with E-state index in [-0.39, 0.29) is 0 Å². The quantitative estimate of drug-likeness (QED) is 0.0674. The molecule has 1 atom stereocenters. The summed E-state index contributed by atoms with van der Waals surface area (Å²) < 4.78 is 12.0. The van der Waals surface area contributed by atoms with Crippen LogP contribution in [0.15, 0.2) is 64.8 Å². The number of benzene rings is 3. The first kappa shape index (κ1) is 39.3. The highest BCUT2D eigenvalue weighted by Gasteiger charge is 2.14. The van der Waals surface area contributed by atoms with Gasteiger partial charge in [-0.3, -0.25) is 0 Å². The predicted molar refractivity (Wildman–Crippen MR) is 207 cm³/mol. The smallest absolute Gasteiger partial charge is 0.122 e. The van der Waals surface area contributed by atoms with E-state index in [9.17, 15) is 0 Å². The largest absolute Gasteiger partial charge is 0.494 e. The minimum atomic E-state index is 0.400. The molecule has 0 heterocycles. The first-order valence-corrected chi connectivity index (χ1v) is 19.6. The number of nitrogens with zero attached hydrogens (tertiary/aromatic N) is 2. The Morgan fingerprint density at radius 1 is 0.562 bits per heavy atom. The molecule has 0 amide bonds. The average molecular weight is 655 g/mol. The molecular formula is C44H66N2O2. The maximum Gasteiger partial charge on any atom is 0.122 e. The molecule has 48 heavy (non-hydrogen) atoms. The van der Waals surface area contributed by atoms with Gasteiger partial charge in [0.1, 0.15) is 11.5 Å². The van der Waals surface area contributed by atoms with Crippen molar-refractivity contribution in [2.45, 2.75) is 157 Å². The lowest BCUT2D eigenvalue weighted by molar-refractivity contribution is 0.299. The van der Waals surface area contributed by atoms with Gasteiger partial charge in [-0.2, -0.15) is 5.11 Å². The Morgan fingerprint density at radius 3 is 1.65 bits per heavy atom. The van der Waals surface area contributed by atoms with Crippen molar-refractivity contribution in [1.82, 2.24) is 0 Å². The standard InChI is InChI=1S/C44H66N2O2/c1-7-12-13-14-15-16-17-18-19-20-21-22-23-24-31-48-43-30-27-40(34-42(43)35(6)8-2)45-46-44-36(9-3)32-39(33-37(44)10-4)38-25-28-41(29-26-38)47-11-5/h25-30,32-35H,7-24,31H2,1-6H3/b46-45+. The van der Waals surface area contributed by atoms with Crippen molar-refractivity contribution in [1.29, 1.82) is 0 Å². The van der Waals surface area contributed by atoms with Crippen LogP contribution in [-0.4, -0.2) is 13.2 Å². The van der Waals surface area contributed by atoms with E-state index in [1.165, 1.54) is 111 Å². The second kappa shape index (κ2) is 23.3. The summed E-state index contributed by atoms with van der Waals surface area (Å²) in [4.78, 5) is 0. The zero-order chi connectivity index (χ0) is 34.4. The number of hydrogen-bond donors (Lipinski definition) is 0. The van der Waals surface area contributed by atoms with Crippen LogP contribution in [0.4, 0.5) is 11.4 Å². The maximum atomic E-state index is 6.35. The van der Waals surface area contributed by atoms with E-state index in [0.29, 0.717) is 12.5 Å². The van der Waals surface area contributed by atoms with Gasteiger partial charge in [0, 0.05) is 0 Å². The van der Waals surface area contributed by atoms with Crippen LogP contribution in [0.1, 0.15) is 160 Å². The van der Waals surface area contributed by atoms with Crippen LogP contribution in [0.25, 0.3) is 11.1 Å². The molecule has 3 aromatic carbocycles. The number of aryl methyl sites for hydroxylation is 2. The van der Waals surface area contributed by atoms with Crippen molar-refractivity contribution in [3.05, 3.63) is 71.3 Å². The molecule has 3 aromatic rings. The number of ether oxygens (including phenoxy) is 2.